The van der Waals surface area contributed by atoms with Gasteiger partial charge < -0.3 is 19.8 Å². The Morgan fingerprint density at radius 3 is 2.29 bits per heavy atom. The molecule has 4 aliphatic rings. The van der Waals surface area contributed by atoms with E-state index in [1.165, 1.54) is 4.90 Å². The monoisotopic (exact) mass is 693 g/mol. The molecule has 0 aromatic carbocycles. The number of carbonyl (C=O) groups excluding carboxylic acids is 2. The fourth-order valence-electron chi connectivity index (χ4n) is 7.97. The summed E-state index contributed by atoms with van der Waals surface area (Å²) >= 11 is 0. The average Bonchev–Trinajstić information content (AvgIpc) is 3.77. The van der Waals surface area contributed by atoms with Gasteiger partial charge in [0.25, 0.3) is 11.8 Å². The van der Waals surface area contributed by atoms with Crippen LogP contribution in [0.2, 0.25) is 0 Å². The van der Waals surface area contributed by atoms with E-state index in [1.807, 2.05) is 26.0 Å². The topological polar surface area (TPSA) is 141 Å². The summed E-state index contributed by atoms with van der Waals surface area (Å²) in [5, 5.41) is 9.76. The molecule has 8 bridgehead atoms. The molecule has 0 fully saturated rings. The van der Waals surface area contributed by atoms with Crippen LogP contribution < -0.4 is 0 Å². The number of amides is 2. The first-order valence-electron chi connectivity index (χ1n) is 18.6. The van der Waals surface area contributed by atoms with Gasteiger partial charge in [-0.3, -0.25) is 19.3 Å². The molecule has 270 valence electrons. The highest BCUT2D eigenvalue weighted by Gasteiger charge is 2.40. The highest BCUT2D eigenvalue weighted by Crippen LogP contribution is 2.45. The largest absolute Gasteiger partial charge is 0.481 e. The maximum atomic E-state index is 14.5. The first-order valence-corrected chi connectivity index (χ1v) is 18.6. The lowest BCUT2D eigenvalue weighted by Crippen LogP contribution is -2.41. The predicted molar refractivity (Wildman–Crippen MR) is 201 cm³/mol. The van der Waals surface area contributed by atoms with Crippen LogP contribution >= 0.6 is 0 Å². The molecule has 2 aromatic heterocycles. The Hall–Kier alpha value is -4.57. The molecule has 0 aliphatic carbocycles. The predicted octanol–water partition coefficient (Wildman–Crippen LogP) is 8.97. The number of hydrogen-bond acceptors (Lipinski definition) is 6. The van der Waals surface area contributed by atoms with Crippen molar-refractivity contribution >= 4 is 51.1 Å². The van der Waals surface area contributed by atoms with E-state index in [-0.39, 0.29) is 36.2 Å². The fourth-order valence-corrected chi connectivity index (χ4v) is 7.97. The number of H-pyrrole nitrogens is 2. The number of imide groups is 1. The Labute approximate surface area is 300 Å². The molecule has 2 aromatic rings. The van der Waals surface area contributed by atoms with Gasteiger partial charge in [0.05, 0.1) is 45.5 Å². The van der Waals surface area contributed by atoms with Crippen molar-refractivity contribution in [2.24, 2.45) is 0 Å². The number of nitrogens with zero attached hydrogens (tertiary/aromatic N) is 3. The summed E-state index contributed by atoms with van der Waals surface area (Å²) in [4.78, 5) is 59.4. The van der Waals surface area contributed by atoms with Gasteiger partial charge in [-0.15, -0.1) is 0 Å². The first kappa shape index (κ1) is 36.2. The van der Waals surface area contributed by atoms with Gasteiger partial charge in [-0.25, -0.2) is 9.97 Å². The number of ether oxygens (including phenoxy) is 1. The summed E-state index contributed by atoms with van der Waals surface area (Å²) in [5.41, 5.74) is 11.7. The Morgan fingerprint density at radius 2 is 1.61 bits per heavy atom. The van der Waals surface area contributed by atoms with Gasteiger partial charge in [-0.05, 0) is 93.9 Å². The van der Waals surface area contributed by atoms with Crippen LogP contribution in [-0.2, 0) is 9.53 Å². The fraction of sp³-hybridized carbons (Fsp3) is 0.488. The minimum atomic E-state index is -0.899. The number of nitrogens with one attached hydrogen (secondary N) is 2. The third-order valence-electron chi connectivity index (χ3n) is 11.0. The lowest BCUT2D eigenvalue weighted by molar-refractivity contribution is -0.137. The van der Waals surface area contributed by atoms with Crippen LogP contribution in [0.4, 0.5) is 0 Å². The molecule has 51 heavy (non-hydrogen) atoms. The molecule has 2 amide bonds. The molecule has 3 N–H and O–H groups in total. The Kier molecular flexibility index (Phi) is 10.4. The summed E-state index contributed by atoms with van der Waals surface area (Å²) in [5.74, 6) is -2.04. The normalized spacial score (nSPS) is 18.5. The third kappa shape index (κ3) is 6.43. The number of rotatable bonds is 12. The Bertz CT molecular complexity index is 2050. The van der Waals surface area contributed by atoms with Crippen molar-refractivity contribution in [3.8, 4) is 0 Å². The van der Waals surface area contributed by atoms with Crippen molar-refractivity contribution in [2.45, 2.75) is 118 Å². The number of hydrogen-bond donors (Lipinski definition) is 3. The maximum absolute atomic E-state index is 14.5. The summed E-state index contributed by atoms with van der Waals surface area (Å²) in [7, 11) is 0. The van der Waals surface area contributed by atoms with Gasteiger partial charge in [0.2, 0.25) is 0 Å². The molecule has 0 saturated carbocycles. The standard InChI is InChI=1S/C41H51N5O5/c1-9-12-16-46-40(49)36-24(7)31-19-32-26(11-3)21(4)28(42-32)20-33-35(25(8)51-17-13-10-2)23(6)30(43-33)18-29-22(5)27(14-15-34(47)48)38(44-29)37(41(46)50)39(36)45-31/h18-20,22,25,27,44-45H,9-17H2,1-8H3,(H,47,48). The van der Waals surface area contributed by atoms with E-state index in [2.05, 4.69) is 57.6 Å². The number of aliphatic carboxylic acids is 1. The van der Waals surface area contributed by atoms with Crippen LogP contribution in [0.1, 0.15) is 166 Å². The van der Waals surface area contributed by atoms with Crippen LogP contribution in [0, 0.1) is 6.92 Å². The average molecular weight is 694 g/mol. The van der Waals surface area contributed by atoms with Crippen LogP contribution in [0.15, 0.2) is 18.2 Å². The van der Waals surface area contributed by atoms with Gasteiger partial charge in [-0.2, -0.15) is 0 Å². The number of allylic oxidation sites excluding steroid dienone is 3. The van der Waals surface area contributed by atoms with Gasteiger partial charge in [0, 0.05) is 53.9 Å². The van der Waals surface area contributed by atoms with Crippen molar-refractivity contribution in [3.63, 3.8) is 0 Å². The van der Waals surface area contributed by atoms with E-state index in [1.54, 1.807) is 0 Å². The van der Waals surface area contributed by atoms with Crippen molar-refractivity contribution in [2.75, 3.05) is 13.2 Å². The molecule has 0 spiro atoms. The van der Waals surface area contributed by atoms with Crippen molar-refractivity contribution in [1.29, 1.82) is 0 Å². The van der Waals surface area contributed by atoms with Crippen molar-refractivity contribution < 1.29 is 24.2 Å². The van der Waals surface area contributed by atoms with Crippen LogP contribution in [0.25, 0.3) is 33.3 Å². The quantitative estimate of drug-likeness (QED) is 0.149. The number of aromatic nitrogens is 4. The smallest absolute Gasteiger partial charge is 0.303 e. The highest BCUT2D eigenvalue weighted by molar-refractivity contribution is 6.23. The van der Waals surface area contributed by atoms with Gasteiger partial charge in [0.15, 0.2) is 0 Å². The zero-order chi connectivity index (χ0) is 36.7. The number of carboxylic acid groups (broad SMARTS) is 1. The summed E-state index contributed by atoms with van der Waals surface area (Å²) in [6.45, 7) is 17.5. The van der Waals surface area contributed by atoms with E-state index in [0.717, 1.165) is 87.5 Å². The van der Waals surface area contributed by atoms with Crippen molar-refractivity contribution in [1.82, 2.24) is 24.8 Å². The molecule has 10 heteroatoms. The lowest BCUT2D eigenvalue weighted by atomic mass is 9.84. The molecule has 6 rings (SSSR count). The first-order chi connectivity index (χ1) is 24.4. The highest BCUT2D eigenvalue weighted by atomic mass is 16.5. The molecule has 6 heterocycles. The maximum Gasteiger partial charge on any atom is 0.303 e. The minimum absolute atomic E-state index is 0.0590. The lowest BCUT2D eigenvalue weighted by Gasteiger charge is -2.27. The SMILES string of the molecule is CCCCOC(C)C1=C(C)c2cc3[nH]c(c4c5[nH]c(cc6nc(cc1n2)C(C)=C6CC)c(C)c5C(=O)N(CCCC)C4=O)C(CCC(=O)O)C3C. The number of carbonyl (C=O) groups is 3. The second-order valence-corrected chi connectivity index (χ2v) is 14.3. The number of aromatic amines is 2. The van der Waals surface area contributed by atoms with Crippen LogP contribution in [0.5, 0.6) is 0 Å². The molecular weight excluding hydrogens is 642 g/mol. The van der Waals surface area contributed by atoms with E-state index in [9.17, 15) is 19.5 Å². The second kappa shape index (κ2) is 14.6. The van der Waals surface area contributed by atoms with Crippen LogP contribution in [0.3, 0.4) is 0 Å². The second-order valence-electron chi connectivity index (χ2n) is 14.3. The van der Waals surface area contributed by atoms with E-state index in [0.29, 0.717) is 48.3 Å². The molecule has 0 saturated heterocycles. The molecule has 0 radical (unpaired) electrons. The number of aryl methyl sites for hydroxylation is 1. The summed E-state index contributed by atoms with van der Waals surface area (Å²) in [6.07, 6.45) is 4.33. The minimum Gasteiger partial charge on any atom is -0.481 e. The Balaban J connectivity index is 1.74. The van der Waals surface area contributed by atoms with Crippen LogP contribution in [-0.4, -0.2) is 67.0 Å². The number of carboxylic acids is 1. The number of fused-ring (bicyclic) bond motifs is 8. The zero-order valence-electron chi connectivity index (χ0n) is 31.2. The molecule has 10 nitrogen and oxygen atoms in total. The van der Waals surface area contributed by atoms with E-state index >= 15 is 0 Å². The van der Waals surface area contributed by atoms with Crippen molar-refractivity contribution in [3.05, 3.63) is 69.1 Å². The summed E-state index contributed by atoms with van der Waals surface area (Å²) < 4.78 is 6.34. The van der Waals surface area contributed by atoms with Gasteiger partial charge >= 0.3 is 5.97 Å². The van der Waals surface area contributed by atoms with Gasteiger partial charge in [-0.1, -0.05) is 40.5 Å². The Morgan fingerprint density at radius 1 is 0.922 bits per heavy atom. The third-order valence-corrected chi connectivity index (χ3v) is 11.0. The zero-order valence-corrected chi connectivity index (χ0v) is 31.2. The number of unbranched alkanes of at least 4 members (excludes halogenated alkanes) is 2. The summed E-state index contributed by atoms with van der Waals surface area (Å²) in [6, 6.07) is 6.09. The molecule has 3 unspecified atom stereocenters. The van der Waals surface area contributed by atoms with E-state index in [4.69, 9.17) is 14.7 Å². The molecule has 4 aliphatic heterocycles. The van der Waals surface area contributed by atoms with E-state index < -0.39 is 5.97 Å². The molecule has 3 atom stereocenters. The van der Waals surface area contributed by atoms with Gasteiger partial charge in [0.1, 0.15) is 0 Å². The molecular formula is C41H51N5O5.